The van der Waals surface area contributed by atoms with E-state index in [-0.39, 0.29) is 26.0 Å². The Hall–Kier alpha value is -3.72. The van der Waals surface area contributed by atoms with E-state index in [4.69, 9.17) is 4.74 Å². The number of methoxy groups -OCH3 is 1. The summed E-state index contributed by atoms with van der Waals surface area (Å²) in [5.41, 5.74) is -0.129. The van der Waals surface area contributed by atoms with E-state index in [2.05, 4.69) is 16.0 Å². The van der Waals surface area contributed by atoms with Gasteiger partial charge in [0.2, 0.25) is 11.8 Å². The second-order valence-corrected chi connectivity index (χ2v) is 7.89. The van der Waals surface area contributed by atoms with Crippen LogP contribution in [0.2, 0.25) is 0 Å². The van der Waals surface area contributed by atoms with Crippen LogP contribution in [0.25, 0.3) is 0 Å². The first-order valence-electron chi connectivity index (χ1n) is 10.6. The first kappa shape index (κ1) is 23.9. The summed E-state index contributed by atoms with van der Waals surface area (Å²) in [6.07, 6.45) is 0.424. The summed E-state index contributed by atoms with van der Waals surface area (Å²) in [4.78, 5) is 50.0. The third kappa shape index (κ3) is 5.95. The van der Waals surface area contributed by atoms with Gasteiger partial charge in [0.25, 0.3) is 5.91 Å². The van der Waals surface area contributed by atoms with Gasteiger partial charge in [-0.2, -0.15) is 0 Å². The van der Waals surface area contributed by atoms with Crippen molar-refractivity contribution in [1.29, 1.82) is 0 Å². The van der Waals surface area contributed by atoms with E-state index < -0.39 is 41.2 Å². The highest BCUT2D eigenvalue weighted by molar-refractivity contribution is 5.99. The number of hydrogen-bond donors (Lipinski definition) is 4. The number of esters is 1. The summed E-state index contributed by atoms with van der Waals surface area (Å²) >= 11 is 0. The molecule has 0 unspecified atom stereocenters. The van der Waals surface area contributed by atoms with Crippen LogP contribution in [0.15, 0.2) is 60.7 Å². The number of rotatable bonds is 10. The number of aliphatic hydroxyl groups excluding tert-OH is 1. The Labute approximate surface area is 191 Å². The Morgan fingerprint density at radius 3 is 2.27 bits per heavy atom. The van der Waals surface area contributed by atoms with Gasteiger partial charge < -0.3 is 25.8 Å². The average Bonchev–Trinajstić information content (AvgIpc) is 3.56. The second-order valence-electron chi connectivity index (χ2n) is 7.89. The fourth-order valence-corrected chi connectivity index (χ4v) is 3.66. The molecule has 9 heteroatoms. The predicted molar refractivity (Wildman–Crippen MR) is 119 cm³/mol. The second kappa shape index (κ2) is 10.7. The quantitative estimate of drug-likeness (QED) is 0.380. The molecule has 0 aliphatic heterocycles. The summed E-state index contributed by atoms with van der Waals surface area (Å²) in [6.45, 7) is -0.656. The molecule has 0 heterocycles. The van der Waals surface area contributed by atoms with Gasteiger partial charge in [-0.05, 0) is 24.1 Å². The Morgan fingerprint density at radius 2 is 1.70 bits per heavy atom. The molecule has 0 bridgehead atoms. The first-order chi connectivity index (χ1) is 15.9. The van der Waals surface area contributed by atoms with Crippen molar-refractivity contribution in [2.45, 2.75) is 24.4 Å². The van der Waals surface area contributed by atoms with Crippen LogP contribution in [0.4, 0.5) is 0 Å². The van der Waals surface area contributed by atoms with Crippen molar-refractivity contribution < 1.29 is 29.0 Å². The van der Waals surface area contributed by atoms with E-state index in [1.54, 1.807) is 30.3 Å². The van der Waals surface area contributed by atoms with Gasteiger partial charge in [-0.1, -0.05) is 48.5 Å². The summed E-state index contributed by atoms with van der Waals surface area (Å²) in [7, 11) is 1.23. The number of benzene rings is 2. The summed E-state index contributed by atoms with van der Waals surface area (Å²) < 4.78 is 4.82. The summed E-state index contributed by atoms with van der Waals surface area (Å²) in [5.74, 6) is -2.71. The van der Waals surface area contributed by atoms with Gasteiger partial charge in [-0.3, -0.25) is 14.4 Å². The van der Waals surface area contributed by atoms with E-state index in [9.17, 15) is 24.3 Å². The molecule has 1 aliphatic carbocycles. The first-order valence-corrected chi connectivity index (χ1v) is 10.6. The molecule has 1 saturated carbocycles. The zero-order chi connectivity index (χ0) is 23.8. The summed E-state index contributed by atoms with van der Waals surface area (Å²) in [6, 6.07) is 16.6. The number of nitrogens with one attached hydrogen (secondary N) is 3. The number of aliphatic hydroxyl groups is 1. The lowest BCUT2D eigenvalue weighted by Crippen LogP contribution is -2.56. The van der Waals surface area contributed by atoms with Crippen molar-refractivity contribution in [1.82, 2.24) is 16.0 Å². The molecular formula is C24H27N3O6. The summed E-state index contributed by atoms with van der Waals surface area (Å²) in [5, 5.41) is 17.4. The van der Waals surface area contributed by atoms with Crippen LogP contribution < -0.4 is 16.0 Å². The van der Waals surface area contributed by atoms with Gasteiger partial charge in [0.1, 0.15) is 11.6 Å². The molecule has 1 fully saturated rings. The van der Waals surface area contributed by atoms with Crippen molar-refractivity contribution in [3.05, 3.63) is 71.8 Å². The maximum atomic E-state index is 13.1. The van der Waals surface area contributed by atoms with E-state index in [0.29, 0.717) is 5.56 Å². The lowest BCUT2D eigenvalue weighted by molar-refractivity contribution is -0.145. The number of hydrogen-bond acceptors (Lipinski definition) is 6. The number of carbonyl (C=O) groups excluding carboxylic acids is 4. The largest absolute Gasteiger partial charge is 0.467 e. The van der Waals surface area contributed by atoms with E-state index in [1.807, 2.05) is 30.3 Å². The van der Waals surface area contributed by atoms with Crippen molar-refractivity contribution >= 4 is 23.7 Å². The molecule has 4 N–H and O–H groups in total. The molecule has 0 aromatic heterocycles. The fraction of sp³-hybridized carbons (Fsp3) is 0.333. The average molecular weight is 453 g/mol. The molecule has 1 aliphatic rings. The smallest absolute Gasteiger partial charge is 0.328 e. The third-order valence-corrected chi connectivity index (χ3v) is 5.61. The lowest BCUT2D eigenvalue weighted by atomic mass is 10.0. The van der Waals surface area contributed by atoms with Gasteiger partial charge in [0.05, 0.1) is 13.7 Å². The highest BCUT2D eigenvalue weighted by Gasteiger charge is 2.61. The Kier molecular flexibility index (Phi) is 7.78. The maximum absolute atomic E-state index is 13.1. The van der Waals surface area contributed by atoms with Crippen LogP contribution in [0.3, 0.4) is 0 Å². The van der Waals surface area contributed by atoms with Crippen LogP contribution in [0, 0.1) is 5.92 Å². The molecule has 2 aromatic rings. The highest BCUT2D eigenvalue weighted by atomic mass is 16.5. The Morgan fingerprint density at radius 1 is 1.06 bits per heavy atom. The standard InChI is InChI=1S/C24H27N3O6/c1-33-22(31)19(12-16-8-4-2-5-9-16)26-23(32)24(13-18(24)15-28)27-20(29)14-25-21(30)17-10-6-3-7-11-17/h2-11,18-19,28H,12-15H2,1H3,(H,25,30)(H,26,32)(H,27,29)/t18-,19+,24-/m1/s1. The molecule has 33 heavy (non-hydrogen) atoms. The molecule has 0 radical (unpaired) electrons. The molecule has 0 saturated heterocycles. The predicted octanol–water partition coefficient (Wildman–Crippen LogP) is 0.184. The van der Waals surface area contributed by atoms with E-state index in [1.165, 1.54) is 7.11 Å². The molecule has 3 rings (SSSR count). The molecule has 2 aromatic carbocycles. The maximum Gasteiger partial charge on any atom is 0.328 e. The zero-order valence-electron chi connectivity index (χ0n) is 18.2. The van der Waals surface area contributed by atoms with Crippen molar-refractivity contribution in [2.24, 2.45) is 5.92 Å². The van der Waals surface area contributed by atoms with Crippen molar-refractivity contribution in [2.75, 3.05) is 20.3 Å². The minimum absolute atomic E-state index is 0.209. The third-order valence-electron chi connectivity index (χ3n) is 5.61. The molecule has 0 spiro atoms. The molecule has 174 valence electrons. The SMILES string of the molecule is COC(=O)[C@H](Cc1ccccc1)NC(=O)[C@@]1(NC(=O)CNC(=O)c2ccccc2)C[C@@H]1CO. The number of ether oxygens (including phenoxy) is 1. The lowest BCUT2D eigenvalue weighted by Gasteiger charge is -2.23. The monoisotopic (exact) mass is 453 g/mol. The molecule has 3 atom stereocenters. The Balaban J connectivity index is 1.63. The van der Waals surface area contributed by atoms with Gasteiger partial charge in [-0.25, -0.2) is 4.79 Å². The van der Waals surface area contributed by atoms with Crippen molar-refractivity contribution in [3.63, 3.8) is 0 Å². The van der Waals surface area contributed by atoms with Gasteiger partial charge in [-0.15, -0.1) is 0 Å². The van der Waals surface area contributed by atoms with Crippen LogP contribution in [0.1, 0.15) is 22.3 Å². The van der Waals surface area contributed by atoms with Crippen LogP contribution in [-0.2, 0) is 25.5 Å². The van der Waals surface area contributed by atoms with Crippen molar-refractivity contribution in [3.8, 4) is 0 Å². The van der Waals surface area contributed by atoms with Crippen LogP contribution >= 0.6 is 0 Å². The van der Waals surface area contributed by atoms with Gasteiger partial charge >= 0.3 is 5.97 Å². The number of carbonyl (C=O) groups is 4. The minimum atomic E-state index is -1.35. The normalized spacial score (nSPS) is 19.6. The highest BCUT2D eigenvalue weighted by Crippen LogP contribution is 2.43. The molecule has 3 amide bonds. The van der Waals surface area contributed by atoms with Crippen LogP contribution in [-0.4, -0.2) is 60.6 Å². The van der Waals surface area contributed by atoms with Gasteiger partial charge in [0.15, 0.2) is 0 Å². The molecular weight excluding hydrogens is 426 g/mol. The fourth-order valence-electron chi connectivity index (χ4n) is 3.66. The van der Waals surface area contributed by atoms with Crippen LogP contribution in [0.5, 0.6) is 0 Å². The Bertz CT molecular complexity index is 998. The number of amides is 3. The topological polar surface area (TPSA) is 134 Å². The van der Waals surface area contributed by atoms with E-state index in [0.717, 1.165) is 5.56 Å². The van der Waals surface area contributed by atoms with E-state index >= 15 is 0 Å². The van der Waals surface area contributed by atoms with Gasteiger partial charge in [0, 0.05) is 24.5 Å². The zero-order valence-corrected chi connectivity index (χ0v) is 18.2. The molecule has 9 nitrogen and oxygen atoms in total. The minimum Gasteiger partial charge on any atom is -0.467 e.